The summed E-state index contributed by atoms with van der Waals surface area (Å²) in [5.41, 5.74) is 0. The molecule has 1 aromatic heterocycles. The fourth-order valence-corrected chi connectivity index (χ4v) is 2.37. The summed E-state index contributed by atoms with van der Waals surface area (Å²) < 4.78 is 0. The third-order valence-electron chi connectivity index (χ3n) is 2.45. The summed E-state index contributed by atoms with van der Waals surface area (Å²) in [4.78, 5) is 3.72. The summed E-state index contributed by atoms with van der Waals surface area (Å²) in [7, 11) is 0. The zero-order valence-corrected chi connectivity index (χ0v) is 10.3. The van der Waals surface area contributed by atoms with Crippen LogP contribution in [0, 0.1) is 0 Å². The maximum atomic E-state index is 8.98. The molecule has 0 amide bonds. The van der Waals surface area contributed by atoms with E-state index >= 15 is 0 Å². The van der Waals surface area contributed by atoms with Crippen LogP contribution in [0.2, 0.25) is 0 Å². The van der Waals surface area contributed by atoms with Crippen molar-refractivity contribution in [1.82, 2.24) is 4.90 Å². The van der Waals surface area contributed by atoms with Crippen molar-refractivity contribution in [2.75, 3.05) is 19.7 Å². The lowest BCUT2D eigenvalue weighted by molar-refractivity contribution is 0.189. The minimum atomic E-state index is 0.261. The quantitative estimate of drug-likeness (QED) is 0.690. The fourth-order valence-electron chi connectivity index (χ4n) is 1.62. The fraction of sp³-hybridized carbons (Fsp3) is 0.667. The molecule has 0 atom stereocenters. The Kier molecular flexibility index (Phi) is 6.64. The van der Waals surface area contributed by atoms with Crippen LogP contribution in [-0.2, 0) is 6.54 Å². The van der Waals surface area contributed by atoms with Crippen molar-refractivity contribution in [3.63, 3.8) is 0 Å². The van der Waals surface area contributed by atoms with Crippen molar-refractivity contribution in [2.45, 2.75) is 32.7 Å². The summed E-state index contributed by atoms with van der Waals surface area (Å²) >= 11 is 1.79. The lowest BCUT2D eigenvalue weighted by atomic mass is 10.2. The molecular formula is C12H21NOS. The van der Waals surface area contributed by atoms with Gasteiger partial charge in [-0.3, -0.25) is 4.90 Å². The minimum absolute atomic E-state index is 0.261. The highest BCUT2D eigenvalue weighted by Gasteiger charge is 2.05. The van der Waals surface area contributed by atoms with E-state index < -0.39 is 0 Å². The Balaban J connectivity index is 2.29. The van der Waals surface area contributed by atoms with Crippen molar-refractivity contribution >= 4 is 11.3 Å². The molecule has 1 aromatic rings. The van der Waals surface area contributed by atoms with E-state index in [4.69, 9.17) is 5.11 Å². The largest absolute Gasteiger partial charge is 0.395 e. The average molecular weight is 227 g/mol. The van der Waals surface area contributed by atoms with Crippen LogP contribution in [0.5, 0.6) is 0 Å². The van der Waals surface area contributed by atoms with Gasteiger partial charge in [-0.1, -0.05) is 25.8 Å². The van der Waals surface area contributed by atoms with Crippen LogP contribution in [0.4, 0.5) is 0 Å². The number of aliphatic hydroxyl groups excluding tert-OH is 1. The molecule has 0 aliphatic heterocycles. The first-order valence-corrected chi connectivity index (χ1v) is 6.60. The number of thiophene rings is 1. The Hall–Kier alpha value is -0.380. The highest BCUT2D eigenvalue weighted by Crippen LogP contribution is 2.12. The molecule has 0 radical (unpaired) electrons. The smallest absolute Gasteiger partial charge is 0.0558 e. The predicted molar refractivity (Wildman–Crippen MR) is 66.2 cm³/mol. The Bertz CT molecular complexity index is 236. The van der Waals surface area contributed by atoms with Crippen LogP contribution < -0.4 is 0 Å². The van der Waals surface area contributed by atoms with Crippen LogP contribution in [-0.4, -0.2) is 29.7 Å². The molecule has 0 bridgehead atoms. The van der Waals surface area contributed by atoms with E-state index in [1.165, 1.54) is 24.1 Å². The minimum Gasteiger partial charge on any atom is -0.395 e. The third-order valence-corrected chi connectivity index (χ3v) is 3.31. The molecule has 1 N–H and O–H groups in total. The molecule has 0 aliphatic rings. The number of hydrogen-bond acceptors (Lipinski definition) is 3. The maximum Gasteiger partial charge on any atom is 0.0558 e. The van der Waals surface area contributed by atoms with Crippen LogP contribution in [0.1, 0.15) is 31.1 Å². The molecule has 0 aromatic carbocycles. The molecule has 0 fully saturated rings. The van der Waals surface area contributed by atoms with Crippen molar-refractivity contribution in [2.24, 2.45) is 0 Å². The van der Waals surface area contributed by atoms with Gasteiger partial charge in [0.05, 0.1) is 6.61 Å². The van der Waals surface area contributed by atoms with E-state index in [0.717, 1.165) is 19.6 Å². The topological polar surface area (TPSA) is 23.5 Å². The Labute approximate surface area is 96.5 Å². The van der Waals surface area contributed by atoms with Crippen molar-refractivity contribution in [3.05, 3.63) is 22.4 Å². The molecule has 0 saturated heterocycles. The highest BCUT2D eigenvalue weighted by atomic mass is 32.1. The molecule has 1 heterocycles. The molecule has 1 rings (SSSR count). The van der Waals surface area contributed by atoms with Crippen LogP contribution in [0.25, 0.3) is 0 Å². The molecule has 0 saturated carbocycles. The van der Waals surface area contributed by atoms with Crippen LogP contribution >= 0.6 is 11.3 Å². The molecule has 15 heavy (non-hydrogen) atoms. The molecular weight excluding hydrogens is 206 g/mol. The number of nitrogens with zero attached hydrogens (tertiary/aromatic N) is 1. The normalized spacial score (nSPS) is 11.1. The van der Waals surface area contributed by atoms with E-state index in [9.17, 15) is 0 Å². The van der Waals surface area contributed by atoms with E-state index in [1.807, 2.05) is 0 Å². The van der Waals surface area contributed by atoms with Gasteiger partial charge >= 0.3 is 0 Å². The van der Waals surface area contributed by atoms with Gasteiger partial charge in [0, 0.05) is 18.0 Å². The first kappa shape index (κ1) is 12.7. The number of rotatable bonds is 8. The molecule has 0 unspecified atom stereocenters. The van der Waals surface area contributed by atoms with E-state index in [0.29, 0.717) is 0 Å². The maximum absolute atomic E-state index is 8.98. The number of aliphatic hydroxyl groups is 1. The second-order valence-electron chi connectivity index (χ2n) is 3.79. The Morgan fingerprint density at radius 3 is 2.80 bits per heavy atom. The predicted octanol–water partition coefficient (Wildman–Crippen LogP) is 2.73. The highest BCUT2D eigenvalue weighted by molar-refractivity contribution is 7.09. The number of hydrogen-bond donors (Lipinski definition) is 1. The summed E-state index contributed by atoms with van der Waals surface area (Å²) in [6, 6.07) is 4.25. The van der Waals surface area contributed by atoms with Crippen molar-refractivity contribution in [1.29, 1.82) is 0 Å². The number of unbranched alkanes of at least 4 members (excludes halogenated alkanes) is 2. The van der Waals surface area contributed by atoms with Crippen LogP contribution in [0.15, 0.2) is 17.5 Å². The van der Waals surface area contributed by atoms with Gasteiger partial charge < -0.3 is 5.11 Å². The van der Waals surface area contributed by atoms with E-state index in [2.05, 4.69) is 29.3 Å². The van der Waals surface area contributed by atoms with Gasteiger partial charge in [-0.25, -0.2) is 0 Å². The molecule has 2 nitrogen and oxygen atoms in total. The van der Waals surface area contributed by atoms with Gasteiger partial charge in [0.2, 0.25) is 0 Å². The average Bonchev–Trinajstić information content (AvgIpc) is 2.71. The van der Waals surface area contributed by atoms with Gasteiger partial charge in [-0.15, -0.1) is 11.3 Å². The molecule has 3 heteroatoms. The SMILES string of the molecule is CCCCCN(CCO)Cc1cccs1. The Morgan fingerprint density at radius 1 is 1.33 bits per heavy atom. The van der Waals surface area contributed by atoms with Gasteiger partial charge in [0.15, 0.2) is 0 Å². The van der Waals surface area contributed by atoms with E-state index in [1.54, 1.807) is 11.3 Å². The zero-order chi connectivity index (χ0) is 10.9. The molecule has 86 valence electrons. The van der Waals surface area contributed by atoms with Gasteiger partial charge in [-0.2, -0.15) is 0 Å². The van der Waals surface area contributed by atoms with Gasteiger partial charge in [0.1, 0.15) is 0 Å². The molecule has 0 spiro atoms. The second kappa shape index (κ2) is 7.85. The second-order valence-corrected chi connectivity index (χ2v) is 4.82. The van der Waals surface area contributed by atoms with E-state index in [-0.39, 0.29) is 6.61 Å². The third kappa shape index (κ3) is 5.30. The summed E-state index contributed by atoms with van der Waals surface area (Å²) in [5, 5.41) is 11.1. The van der Waals surface area contributed by atoms with Gasteiger partial charge in [-0.05, 0) is 24.4 Å². The van der Waals surface area contributed by atoms with Crippen LogP contribution in [0.3, 0.4) is 0 Å². The van der Waals surface area contributed by atoms with Gasteiger partial charge in [0.25, 0.3) is 0 Å². The Morgan fingerprint density at radius 2 is 2.20 bits per heavy atom. The summed E-state index contributed by atoms with van der Waals surface area (Å²) in [6.45, 7) is 5.36. The molecule has 0 aliphatic carbocycles. The monoisotopic (exact) mass is 227 g/mol. The van der Waals surface area contributed by atoms with Crippen molar-refractivity contribution < 1.29 is 5.11 Å². The zero-order valence-electron chi connectivity index (χ0n) is 9.48. The first-order chi connectivity index (χ1) is 7.36. The first-order valence-electron chi connectivity index (χ1n) is 5.72. The standard InChI is InChI=1S/C12H21NOS/c1-2-3-4-7-13(8-9-14)11-12-6-5-10-15-12/h5-6,10,14H,2-4,7-9,11H2,1H3. The lowest BCUT2D eigenvalue weighted by Crippen LogP contribution is -2.27. The lowest BCUT2D eigenvalue weighted by Gasteiger charge is -2.20. The summed E-state index contributed by atoms with van der Waals surface area (Å²) in [5.74, 6) is 0. The van der Waals surface area contributed by atoms with Crippen molar-refractivity contribution in [3.8, 4) is 0 Å². The summed E-state index contributed by atoms with van der Waals surface area (Å²) in [6.07, 6.45) is 3.78.